The van der Waals surface area contributed by atoms with E-state index in [1.807, 2.05) is 0 Å². The molecule has 0 heterocycles. The number of amides is 1. The number of rotatable bonds is 47. The second kappa shape index (κ2) is 49.5. The van der Waals surface area contributed by atoms with E-state index < -0.39 is 12.1 Å². The predicted molar refractivity (Wildman–Crippen MR) is 259 cm³/mol. The van der Waals surface area contributed by atoms with Crippen molar-refractivity contribution in [3.8, 4) is 0 Å². The third kappa shape index (κ3) is 45.3. The van der Waals surface area contributed by atoms with Gasteiger partial charge in [0.2, 0.25) is 5.91 Å². The zero-order valence-corrected chi connectivity index (χ0v) is 39.7. The molecule has 0 aromatic heterocycles. The molecule has 6 heteroatoms. The molecule has 3 N–H and O–H groups in total. The summed E-state index contributed by atoms with van der Waals surface area (Å²) in [6.07, 6.45) is 60.8. The molecule has 0 fully saturated rings. The molecule has 0 aliphatic rings. The molecule has 0 bridgehead atoms. The lowest BCUT2D eigenvalue weighted by Gasteiger charge is -2.22. The third-order valence-electron chi connectivity index (χ3n) is 11.6. The number of aliphatic hydroxyl groups is 2. The van der Waals surface area contributed by atoms with Gasteiger partial charge in [-0.1, -0.05) is 210 Å². The fourth-order valence-corrected chi connectivity index (χ4v) is 7.61. The number of carbonyl (C=O) groups excluding carboxylic acids is 2. The summed E-state index contributed by atoms with van der Waals surface area (Å²) in [4.78, 5) is 24.4. The highest BCUT2D eigenvalue weighted by Gasteiger charge is 2.20. The Morgan fingerprint density at radius 1 is 0.483 bits per heavy atom. The van der Waals surface area contributed by atoms with Crippen molar-refractivity contribution in [1.82, 2.24) is 5.32 Å². The molecule has 6 nitrogen and oxygen atoms in total. The molecule has 0 saturated heterocycles. The molecule has 0 rings (SSSR count). The zero-order valence-electron chi connectivity index (χ0n) is 39.7. The fourth-order valence-electron chi connectivity index (χ4n) is 7.61. The van der Waals surface area contributed by atoms with E-state index in [2.05, 4.69) is 67.8 Å². The van der Waals surface area contributed by atoms with Crippen LogP contribution in [-0.4, -0.2) is 47.4 Å². The first-order valence-electron chi connectivity index (χ1n) is 25.9. The van der Waals surface area contributed by atoms with Gasteiger partial charge in [0.15, 0.2) is 0 Å². The van der Waals surface area contributed by atoms with Gasteiger partial charge in [-0.2, -0.15) is 0 Å². The maximum atomic E-state index is 12.4. The number of carbonyl (C=O) groups is 2. The normalized spacial score (nSPS) is 13.1. The van der Waals surface area contributed by atoms with Crippen molar-refractivity contribution in [2.24, 2.45) is 0 Å². The highest BCUT2D eigenvalue weighted by Crippen LogP contribution is 2.16. The summed E-state index contributed by atoms with van der Waals surface area (Å²) < 4.78 is 5.42. The minimum absolute atomic E-state index is 0.0377. The van der Waals surface area contributed by atoms with E-state index in [0.29, 0.717) is 25.9 Å². The highest BCUT2D eigenvalue weighted by atomic mass is 16.5. The van der Waals surface area contributed by atoms with Crippen LogP contribution in [0.25, 0.3) is 0 Å². The monoisotopic (exact) mass is 842 g/mol. The van der Waals surface area contributed by atoms with E-state index in [1.54, 1.807) is 0 Å². The van der Waals surface area contributed by atoms with Crippen molar-refractivity contribution in [3.63, 3.8) is 0 Å². The highest BCUT2D eigenvalue weighted by molar-refractivity contribution is 5.76. The number of aliphatic hydroxyl groups excluding tert-OH is 2. The Hall–Kier alpha value is -2.18. The van der Waals surface area contributed by atoms with Gasteiger partial charge in [-0.05, 0) is 83.5 Å². The van der Waals surface area contributed by atoms with Gasteiger partial charge in [0.1, 0.15) is 0 Å². The van der Waals surface area contributed by atoms with Crippen LogP contribution in [0, 0.1) is 0 Å². The maximum Gasteiger partial charge on any atom is 0.305 e. The molecule has 2 atom stereocenters. The van der Waals surface area contributed by atoms with Gasteiger partial charge < -0.3 is 20.3 Å². The Bertz CT molecular complexity index is 1020. The molecule has 0 spiro atoms. The standard InChI is InChI=1S/C54H99NO5/c1-3-5-7-9-11-13-15-17-19-23-26-30-34-38-42-46-52(57)51(50-56)55-53(58)47-43-39-35-31-27-24-20-18-21-25-29-33-37-41-45-49-60-54(59)48-44-40-36-32-28-22-16-14-12-10-8-6-4-2/h8,10,14,16,18,21,25,29,51-52,56-57H,3-7,9,11-13,15,17,19-20,22-24,26-28,30-50H2,1-2H3,(H,55,58)/b10-8-,16-14-,21-18-,29-25-. The minimum Gasteiger partial charge on any atom is -0.466 e. The average molecular weight is 842 g/mol. The second-order valence-corrected chi connectivity index (χ2v) is 17.5. The summed E-state index contributed by atoms with van der Waals surface area (Å²) in [5.74, 6) is -0.0966. The zero-order chi connectivity index (χ0) is 43.7. The van der Waals surface area contributed by atoms with E-state index in [1.165, 1.54) is 135 Å². The van der Waals surface area contributed by atoms with E-state index in [4.69, 9.17) is 4.74 Å². The van der Waals surface area contributed by atoms with Gasteiger partial charge in [-0.3, -0.25) is 9.59 Å². The van der Waals surface area contributed by atoms with E-state index in [0.717, 1.165) is 89.9 Å². The minimum atomic E-state index is -0.679. The number of hydrogen-bond acceptors (Lipinski definition) is 5. The van der Waals surface area contributed by atoms with Gasteiger partial charge in [-0.25, -0.2) is 0 Å². The lowest BCUT2D eigenvalue weighted by Crippen LogP contribution is -2.45. The molecule has 0 saturated carbocycles. The first-order chi connectivity index (χ1) is 29.5. The number of esters is 1. The first kappa shape index (κ1) is 57.8. The molecule has 2 unspecified atom stereocenters. The number of hydrogen-bond donors (Lipinski definition) is 3. The predicted octanol–water partition coefficient (Wildman–Crippen LogP) is 15.5. The molecule has 0 aromatic carbocycles. The Kier molecular flexibility index (Phi) is 47.7. The largest absolute Gasteiger partial charge is 0.466 e. The van der Waals surface area contributed by atoms with Gasteiger partial charge in [-0.15, -0.1) is 0 Å². The molecule has 350 valence electrons. The molecular formula is C54H99NO5. The molecule has 0 aliphatic heterocycles. The summed E-state index contributed by atoms with van der Waals surface area (Å²) in [7, 11) is 0. The van der Waals surface area contributed by atoms with Gasteiger partial charge in [0, 0.05) is 12.8 Å². The van der Waals surface area contributed by atoms with Crippen LogP contribution in [-0.2, 0) is 14.3 Å². The summed E-state index contributed by atoms with van der Waals surface area (Å²) in [5, 5.41) is 23.2. The smallest absolute Gasteiger partial charge is 0.305 e. The van der Waals surface area contributed by atoms with Crippen LogP contribution >= 0.6 is 0 Å². The van der Waals surface area contributed by atoms with Gasteiger partial charge in [0.25, 0.3) is 0 Å². The van der Waals surface area contributed by atoms with Crippen molar-refractivity contribution in [1.29, 1.82) is 0 Å². The van der Waals surface area contributed by atoms with Crippen molar-refractivity contribution in [2.75, 3.05) is 13.2 Å². The number of ether oxygens (including phenoxy) is 1. The first-order valence-corrected chi connectivity index (χ1v) is 25.9. The Morgan fingerprint density at radius 2 is 0.917 bits per heavy atom. The quantitative estimate of drug-likeness (QED) is 0.0245. The second-order valence-electron chi connectivity index (χ2n) is 17.5. The Balaban J connectivity index is 3.55. The average Bonchev–Trinajstić information content (AvgIpc) is 3.25. The topological polar surface area (TPSA) is 95.9 Å². The van der Waals surface area contributed by atoms with Gasteiger partial charge in [0.05, 0.1) is 25.4 Å². The maximum absolute atomic E-state index is 12.4. The molecule has 0 radical (unpaired) electrons. The molecule has 60 heavy (non-hydrogen) atoms. The van der Waals surface area contributed by atoms with Crippen LogP contribution in [0.15, 0.2) is 48.6 Å². The van der Waals surface area contributed by atoms with Crippen molar-refractivity contribution >= 4 is 11.9 Å². The van der Waals surface area contributed by atoms with Crippen LogP contribution in [0.2, 0.25) is 0 Å². The van der Waals surface area contributed by atoms with E-state index in [-0.39, 0.29) is 18.5 Å². The van der Waals surface area contributed by atoms with E-state index >= 15 is 0 Å². The summed E-state index contributed by atoms with van der Waals surface area (Å²) in [5.41, 5.74) is 0. The number of nitrogens with one attached hydrogen (secondary N) is 1. The third-order valence-corrected chi connectivity index (χ3v) is 11.6. The van der Waals surface area contributed by atoms with Crippen LogP contribution in [0.1, 0.15) is 258 Å². The molecular weight excluding hydrogens is 743 g/mol. The summed E-state index contributed by atoms with van der Waals surface area (Å²) in [6.45, 7) is 4.82. The van der Waals surface area contributed by atoms with Crippen LogP contribution in [0.3, 0.4) is 0 Å². The fraction of sp³-hybridized carbons (Fsp3) is 0.815. The van der Waals surface area contributed by atoms with E-state index in [9.17, 15) is 19.8 Å². The molecule has 0 aliphatic carbocycles. The van der Waals surface area contributed by atoms with Crippen molar-refractivity contribution in [3.05, 3.63) is 48.6 Å². The Morgan fingerprint density at radius 3 is 1.43 bits per heavy atom. The summed E-state index contributed by atoms with van der Waals surface area (Å²) in [6, 6.07) is -0.559. The van der Waals surface area contributed by atoms with Crippen LogP contribution in [0.4, 0.5) is 0 Å². The molecule has 0 aromatic rings. The van der Waals surface area contributed by atoms with Crippen molar-refractivity contribution in [2.45, 2.75) is 270 Å². The lowest BCUT2D eigenvalue weighted by molar-refractivity contribution is -0.143. The van der Waals surface area contributed by atoms with Crippen LogP contribution < -0.4 is 5.32 Å². The lowest BCUT2D eigenvalue weighted by atomic mass is 10.0. The Labute approximate surface area is 372 Å². The SMILES string of the molecule is CCC/C=C\C/C=C\CCCCCCCC(=O)OCCCCC/C=C\C=C/CCCCCCCCC(=O)NC(CO)C(O)CCCCCCCCCCCCCCCCC. The van der Waals surface area contributed by atoms with Crippen LogP contribution in [0.5, 0.6) is 0 Å². The molecule has 1 amide bonds. The summed E-state index contributed by atoms with van der Waals surface area (Å²) >= 11 is 0. The number of unbranched alkanes of at least 4 members (excludes halogenated alkanes) is 29. The van der Waals surface area contributed by atoms with Gasteiger partial charge >= 0.3 is 5.97 Å². The van der Waals surface area contributed by atoms with Crippen molar-refractivity contribution < 1.29 is 24.5 Å². The number of allylic oxidation sites excluding steroid dienone is 8.